The van der Waals surface area contributed by atoms with Crippen molar-refractivity contribution < 1.29 is 9.26 Å². The molecule has 1 unspecified atom stereocenters. The number of para-hydroxylation sites is 1. The van der Waals surface area contributed by atoms with Gasteiger partial charge in [0.2, 0.25) is 0 Å². The van der Waals surface area contributed by atoms with E-state index in [4.69, 9.17) is 9.26 Å². The molecule has 140 valence electrons. The van der Waals surface area contributed by atoms with Gasteiger partial charge in [0.25, 0.3) is 5.89 Å². The third-order valence-electron chi connectivity index (χ3n) is 5.46. The maximum atomic E-state index is 6.35. The van der Waals surface area contributed by atoms with Gasteiger partial charge >= 0.3 is 0 Å². The molecule has 0 radical (unpaired) electrons. The summed E-state index contributed by atoms with van der Waals surface area (Å²) in [5.74, 6) is 2.70. The van der Waals surface area contributed by atoms with Crippen LogP contribution in [0.1, 0.15) is 36.7 Å². The molecule has 1 aromatic carbocycles. The van der Waals surface area contributed by atoms with Gasteiger partial charge < -0.3 is 13.8 Å². The zero-order valence-electron chi connectivity index (χ0n) is 15.5. The molecule has 0 bridgehead atoms. The first-order chi connectivity index (χ1) is 13.3. The van der Waals surface area contributed by atoms with E-state index in [1.807, 2.05) is 24.3 Å². The predicted molar refractivity (Wildman–Crippen MR) is 101 cm³/mol. The third kappa shape index (κ3) is 3.49. The molecule has 0 spiro atoms. The first-order valence-corrected chi connectivity index (χ1v) is 9.68. The maximum Gasteiger partial charge on any atom is 0.261 e. The number of nitrogens with zero attached hydrogens (tertiary/aromatic N) is 4. The Morgan fingerprint density at radius 3 is 2.85 bits per heavy atom. The van der Waals surface area contributed by atoms with Gasteiger partial charge in [0.05, 0.1) is 5.56 Å². The van der Waals surface area contributed by atoms with E-state index in [0.29, 0.717) is 11.8 Å². The van der Waals surface area contributed by atoms with Crippen LogP contribution in [-0.4, -0.2) is 38.8 Å². The van der Waals surface area contributed by atoms with Crippen LogP contribution in [0.15, 0.2) is 47.1 Å². The second-order valence-corrected chi connectivity index (χ2v) is 7.60. The van der Waals surface area contributed by atoms with Crippen molar-refractivity contribution in [2.24, 2.45) is 7.05 Å². The second-order valence-electron chi connectivity index (χ2n) is 7.60. The fourth-order valence-electron chi connectivity index (χ4n) is 3.70. The van der Waals surface area contributed by atoms with E-state index in [1.165, 1.54) is 5.69 Å². The number of hydrogen-bond acceptors (Lipinski definition) is 5. The van der Waals surface area contributed by atoms with E-state index < -0.39 is 0 Å². The quantitative estimate of drug-likeness (QED) is 0.669. The minimum absolute atomic E-state index is 0.178. The average molecular weight is 364 g/mol. The summed E-state index contributed by atoms with van der Waals surface area (Å²) in [6, 6.07) is 12.2. The highest BCUT2D eigenvalue weighted by Crippen LogP contribution is 2.39. The Morgan fingerprint density at radius 1 is 1.15 bits per heavy atom. The van der Waals surface area contributed by atoms with Crippen LogP contribution in [0.25, 0.3) is 11.5 Å². The van der Waals surface area contributed by atoms with Crippen LogP contribution in [0.2, 0.25) is 0 Å². The van der Waals surface area contributed by atoms with Crippen LogP contribution in [-0.2, 0) is 13.6 Å². The molecule has 1 aliphatic heterocycles. The third-order valence-corrected chi connectivity index (χ3v) is 5.46. The van der Waals surface area contributed by atoms with Crippen LogP contribution in [0, 0.1) is 0 Å². The zero-order chi connectivity index (χ0) is 18.2. The molecule has 2 aromatic heterocycles. The first-order valence-electron chi connectivity index (χ1n) is 9.68. The van der Waals surface area contributed by atoms with Gasteiger partial charge in [-0.2, -0.15) is 4.98 Å². The number of hydrogen-bond donors (Lipinski definition) is 0. The highest BCUT2D eigenvalue weighted by Gasteiger charge is 2.30. The SMILES string of the molecule is Cn1cccc1CN1CCC(Oc2ccccc2-c2nc(C3CC3)no2)C1. The minimum atomic E-state index is 0.178. The summed E-state index contributed by atoms with van der Waals surface area (Å²) in [7, 11) is 2.09. The van der Waals surface area contributed by atoms with Gasteiger partial charge in [0, 0.05) is 44.5 Å². The van der Waals surface area contributed by atoms with Crippen molar-refractivity contribution in [3.05, 3.63) is 54.1 Å². The van der Waals surface area contributed by atoms with Crippen molar-refractivity contribution in [2.45, 2.75) is 37.8 Å². The lowest BCUT2D eigenvalue weighted by atomic mass is 10.2. The standard InChI is InChI=1S/C21H24N4O2/c1-24-11-4-5-16(24)13-25-12-10-17(14-25)26-19-7-3-2-6-18(19)21-22-20(23-27-21)15-8-9-15/h2-7,11,15,17H,8-10,12-14H2,1H3. The smallest absolute Gasteiger partial charge is 0.261 e. The van der Waals surface area contributed by atoms with Gasteiger partial charge in [-0.25, -0.2) is 0 Å². The number of benzene rings is 1. The molecule has 27 heavy (non-hydrogen) atoms. The second kappa shape index (κ2) is 6.85. The fraction of sp³-hybridized carbons (Fsp3) is 0.429. The van der Waals surface area contributed by atoms with Gasteiger partial charge in [0.1, 0.15) is 11.9 Å². The van der Waals surface area contributed by atoms with Crippen molar-refractivity contribution in [3.8, 4) is 17.2 Å². The van der Waals surface area contributed by atoms with Crippen LogP contribution in [0.4, 0.5) is 0 Å². The van der Waals surface area contributed by atoms with Gasteiger partial charge in [-0.05, 0) is 43.5 Å². The molecule has 3 heterocycles. The first kappa shape index (κ1) is 16.6. The molecule has 6 nitrogen and oxygen atoms in total. The normalized spacial score (nSPS) is 20.3. The number of likely N-dealkylation sites (tertiary alicyclic amines) is 1. The van der Waals surface area contributed by atoms with E-state index >= 15 is 0 Å². The van der Waals surface area contributed by atoms with Crippen LogP contribution in [0.5, 0.6) is 5.75 Å². The van der Waals surface area contributed by atoms with Crippen molar-refractivity contribution >= 4 is 0 Å². The molecule has 0 amide bonds. The highest BCUT2D eigenvalue weighted by molar-refractivity contribution is 5.62. The molecule has 1 saturated carbocycles. The lowest BCUT2D eigenvalue weighted by Gasteiger charge is -2.18. The van der Waals surface area contributed by atoms with E-state index in [2.05, 4.69) is 45.0 Å². The predicted octanol–water partition coefficient (Wildman–Crippen LogP) is 3.61. The summed E-state index contributed by atoms with van der Waals surface area (Å²) in [6.07, 6.45) is 5.62. The molecule has 2 fully saturated rings. The highest BCUT2D eigenvalue weighted by atomic mass is 16.5. The summed E-state index contributed by atoms with van der Waals surface area (Å²) >= 11 is 0. The Bertz CT molecular complexity index is 928. The van der Waals surface area contributed by atoms with Crippen LogP contribution < -0.4 is 4.74 Å². The van der Waals surface area contributed by atoms with Gasteiger partial charge in [-0.15, -0.1) is 0 Å². The Morgan fingerprint density at radius 2 is 2.04 bits per heavy atom. The number of rotatable bonds is 6. The zero-order valence-corrected chi connectivity index (χ0v) is 15.5. The van der Waals surface area contributed by atoms with Gasteiger partial charge in [-0.1, -0.05) is 17.3 Å². The van der Waals surface area contributed by atoms with Crippen molar-refractivity contribution in [1.82, 2.24) is 19.6 Å². The van der Waals surface area contributed by atoms with Crippen LogP contribution in [0.3, 0.4) is 0 Å². The number of aromatic nitrogens is 3. The molecule has 1 saturated heterocycles. The summed E-state index contributed by atoms with van der Waals surface area (Å²) in [4.78, 5) is 7.03. The Balaban J connectivity index is 1.28. The molecule has 1 aliphatic carbocycles. The van der Waals surface area contributed by atoms with Crippen LogP contribution >= 0.6 is 0 Å². The fourth-order valence-corrected chi connectivity index (χ4v) is 3.70. The molecule has 0 N–H and O–H groups in total. The topological polar surface area (TPSA) is 56.3 Å². The Kier molecular flexibility index (Phi) is 4.20. The lowest BCUT2D eigenvalue weighted by Crippen LogP contribution is -2.25. The average Bonchev–Trinajstić information content (AvgIpc) is 3.05. The molecule has 6 heteroatoms. The minimum Gasteiger partial charge on any atom is -0.488 e. The van der Waals surface area contributed by atoms with E-state index in [-0.39, 0.29) is 6.10 Å². The summed E-state index contributed by atoms with van der Waals surface area (Å²) in [5.41, 5.74) is 2.22. The van der Waals surface area contributed by atoms with Crippen molar-refractivity contribution in [2.75, 3.05) is 13.1 Å². The van der Waals surface area contributed by atoms with Crippen molar-refractivity contribution in [3.63, 3.8) is 0 Å². The van der Waals surface area contributed by atoms with Crippen molar-refractivity contribution in [1.29, 1.82) is 0 Å². The largest absolute Gasteiger partial charge is 0.488 e. The Hall–Kier alpha value is -2.60. The molecule has 3 aromatic rings. The molecular formula is C21H24N4O2. The maximum absolute atomic E-state index is 6.35. The molecule has 2 aliphatic rings. The summed E-state index contributed by atoms with van der Waals surface area (Å²) in [5, 5.41) is 4.14. The number of ether oxygens (including phenoxy) is 1. The molecule has 1 atom stereocenters. The molecular weight excluding hydrogens is 340 g/mol. The number of aryl methyl sites for hydroxylation is 1. The van der Waals surface area contributed by atoms with Gasteiger partial charge in [0.15, 0.2) is 5.82 Å². The van der Waals surface area contributed by atoms with Gasteiger partial charge in [-0.3, -0.25) is 4.90 Å². The van der Waals surface area contributed by atoms with E-state index in [1.54, 1.807) is 0 Å². The van der Waals surface area contributed by atoms with E-state index in [0.717, 1.165) is 56.0 Å². The molecule has 5 rings (SSSR count). The van der Waals surface area contributed by atoms with E-state index in [9.17, 15) is 0 Å². The Labute approximate surface area is 158 Å². The summed E-state index contributed by atoms with van der Waals surface area (Å²) in [6.45, 7) is 2.93. The lowest BCUT2D eigenvalue weighted by molar-refractivity contribution is 0.197. The summed E-state index contributed by atoms with van der Waals surface area (Å²) < 4.78 is 14.0. The monoisotopic (exact) mass is 364 g/mol.